The zero-order valence-electron chi connectivity index (χ0n) is 8.73. The highest BCUT2D eigenvalue weighted by molar-refractivity contribution is 6.42. The average Bonchev–Trinajstić information content (AvgIpc) is 2.64. The Hall–Kier alpha value is -0.870. The highest BCUT2D eigenvalue weighted by Crippen LogP contribution is 2.30. The summed E-state index contributed by atoms with van der Waals surface area (Å²) < 4.78 is 0. The number of para-hydroxylation sites is 1. The first-order chi connectivity index (χ1) is 8.49. The molecule has 0 aliphatic carbocycles. The van der Waals surface area contributed by atoms with E-state index in [1.807, 2.05) is 0 Å². The molecule has 0 atom stereocenters. The van der Waals surface area contributed by atoms with Gasteiger partial charge in [0.05, 0.1) is 20.8 Å². The van der Waals surface area contributed by atoms with Crippen molar-refractivity contribution in [2.24, 2.45) is 0 Å². The van der Waals surface area contributed by atoms with E-state index in [0.29, 0.717) is 15.7 Å². The number of hydrogen-bond acceptors (Lipinski definition) is 1. The normalized spacial score (nSPS) is 10.4. The van der Waals surface area contributed by atoms with E-state index < -0.39 is 5.91 Å². The summed E-state index contributed by atoms with van der Waals surface area (Å²) in [5.74, 6) is -0.432. The molecular formula is C11H6Cl4N2O. The number of aromatic amines is 1. The Morgan fingerprint density at radius 2 is 1.67 bits per heavy atom. The highest BCUT2D eigenvalue weighted by atomic mass is 35.5. The van der Waals surface area contributed by atoms with Crippen LogP contribution in [0.1, 0.15) is 10.5 Å². The smallest absolute Gasteiger partial charge is 0.272 e. The summed E-state index contributed by atoms with van der Waals surface area (Å²) in [6.45, 7) is 0. The van der Waals surface area contributed by atoms with E-state index in [4.69, 9.17) is 46.4 Å². The molecule has 0 bridgehead atoms. The minimum absolute atomic E-state index is 0.201. The number of hydrogen-bond donors (Lipinski definition) is 2. The summed E-state index contributed by atoms with van der Waals surface area (Å²) in [6.07, 6.45) is 0. The van der Waals surface area contributed by atoms with Crippen molar-refractivity contribution in [3.05, 3.63) is 50.2 Å². The summed E-state index contributed by atoms with van der Waals surface area (Å²) >= 11 is 23.3. The van der Waals surface area contributed by atoms with Crippen LogP contribution in [0.5, 0.6) is 0 Å². The molecule has 0 aliphatic rings. The van der Waals surface area contributed by atoms with Gasteiger partial charge in [-0.15, -0.1) is 0 Å². The molecule has 0 saturated heterocycles. The van der Waals surface area contributed by atoms with Gasteiger partial charge in [-0.25, -0.2) is 0 Å². The van der Waals surface area contributed by atoms with Gasteiger partial charge in [0.25, 0.3) is 5.91 Å². The minimum atomic E-state index is -0.432. The van der Waals surface area contributed by atoms with Gasteiger partial charge in [0.1, 0.15) is 10.8 Å². The molecule has 2 N–H and O–H groups in total. The maximum absolute atomic E-state index is 11.9. The van der Waals surface area contributed by atoms with Crippen molar-refractivity contribution in [3.8, 4) is 0 Å². The number of aromatic nitrogens is 1. The Labute approximate surface area is 123 Å². The maximum Gasteiger partial charge on any atom is 0.272 e. The van der Waals surface area contributed by atoms with Gasteiger partial charge in [-0.1, -0.05) is 52.5 Å². The van der Waals surface area contributed by atoms with Crippen molar-refractivity contribution in [3.63, 3.8) is 0 Å². The molecule has 1 amide bonds. The first-order valence-electron chi connectivity index (χ1n) is 4.78. The van der Waals surface area contributed by atoms with Crippen molar-refractivity contribution < 1.29 is 4.79 Å². The summed E-state index contributed by atoms with van der Waals surface area (Å²) in [7, 11) is 0. The van der Waals surface area contributed by atoms with Gasteiger partial charge in [0.2, 0.25) is 0 Å². The van der Waals surface area contributed by atoms with E-state index in [9.17, 15) is 4.79 Å². The molecule has 1 aromatic carbocycles. The van der Waals surface area contributed by atoms with Gasteiger partial charge in [0.15, 0.2) is 0 Å². The summed E-state index contributed by atoms with van der Waals surface area (Å²) in [4.78, 5) is 14.5. The van der Waals surface area contributed by atoms with Gasteiger partial charge in [-0.05, 0) is 18.2 Å². The van der Waals surface area contributed by atoms with E-state index in [1.54, 1.807) is 18.2 Å². The zero-order valence-corrected chi connectivity index (χ0v) is 11.8. The molecule has 0 spiro atoms. The fourth-order valence-corrected chi connectivity index (χ4v) is 2.13. The Morgan fingerprint density at radius 1 is 1.06 bits per heavy atom. The van der Waals surface area contributed by atoms with Crippen molar-refractivity contribution in [1.29, 1.82) is 0 Å². The fourth-order valence-electron chi connectivity index (χ4n) is 1.32. The van der Waals surface area contributed by atoms with Crippen LogP contribution < -0.4 is 5.32 Å². The van der Waals surface area contributed by atoms with Gasteiger partial charge < -0.3 is 10.3 Å². The van der Waals surface area contributed by atoms with E-state index in [2.05, 4.69) is 10.3 Å². The number of H-pyrrole nitrogens is 1. The van der Waals surface area contributed by atoms with Crippen molar-refractivity contribution in [1.82, 2.24) is 4.98 Å². The Kier molecular flexibility index (Phi) is 4.07. The first-order valence-corrected chi connectivity index (χ1v) is 6.29. The predicted molar refractivity (Wildman–Crippen MR) is 75.2 cm³/mol. The Morgan fingerprint density at radius 3 is 2.17 bits per heavy atom. The van der Waals surface area contributed by atoms with Crippen molar-refractivity contribution in [2.45, 2.75) is 0 Å². The summed E-state index contributed by atoms with van der Waals surface area (Å²) in [6, 6.07) is 6.35. The topological polar surface area (TPSA) is 44.9 Å². The molecule has 0 radical (unpaired) electrons. The van der Waals surface area contributed by atoms with E-state index in [-0.39, 0.29) is 15.9 Å². The van der Waals surface area contributed by atoms with Crippen LogP contribution in [0.4, 0.5) is 5.69 Å². The second-order valence-corrected chi connectivity index (χ2v) is 5.00. The lowest BCUT2D eigenvalue weighted by molar-refractivity contribution is 0.102. The lowest BCUT2D eigenvalue weighted by atomic mass is 10.3. The molecular weight excluding hydrogens is 318 g/mol. The van der Waals surface area contributed by atoms with Gasteiger partial charge in [-0.3, -0.25) is 4.79 Å². The average molecular weight is 324 g/mol. The number of carbonyl (C=O) groups is 1. The quantitative estimate of drug-likeness (QED) is 0.812. The van der Waals surface area contributed by atoms with Crippen LogP contribution >= 0.6 is 46.4 Å². The summed E-state index contributed by atoms with van der Waals surface area (Å²) in [5.41, 5.74) is 0.564. The number of carbonyl (C=O) groups excluding carboxylic acids is 1. The van der Waals surface area contributed by atoms with Crippen LogP contribution in [0.15, 0.2) is 24.3 Å². The number of nitrogens with one attached hydrogen (secondary N) is 2. The molecule has 1 aromatic heterocycles. The molecule has 2 rings (SSSR count). The van der Waals surface area contributed by atoms with E-state index in [0.717, 1.165) is 0 Å². The molecule has 7 heteroatoms. The van der Waals surface area contributed by atoms with E-state index >= 15 is 0 Å². The number of benzene rings is 1. The summed E-state index contributed by atoms with van der Waals surface area (Å²) in [5, 5.41) is 3.75. The fraction of sp³-hybridized carbons (Fsp3) is 0. The van der Waals surface area contributed by atoms with Crippen molar-refractivity contribution in [2.75, 3.05) is 5.32 Å². The number of halogens is 4. The standard InChI is InChI=1S/C11H6Cl4N2O/c12-5-2-1-3-6(13)9(5)17-11(18)8-4-7(14)10(15)16-8/h1-4,16H,(H,17,18). The molecule has 94 valence electrons. The number of anilines is 1. The third-order valence-corrected chi connectivity index (χ3v) is 3.49. The van der Waals surface area contributed by atoms with Crippen LogP contribution in [-0.4, -0.2) is 10.9 Å². The molecule has 0 unspecified atom stereocenters. The van der Waals surface area contributed by atoms with Crippen LogP contribution in [0.3, 0.4) is 0 Å². The van der Waals surface area contributed by atoms with Gasteiger partial charge in [0, 0.05) is 0 Å². The van der Waals surface area contributed by atoms with Crippen molar-refractivity contribution >= 4 is 58.0 Å². The molecule has 0 saturated carbocycles. The second-order valence-electron chi connectivity index (χ2n) is 3.40. The lowest BCUT2D eigenvalue weighted by Crippen LogP contribution is -2.12. The van der Waals surface area contributed by atoms with Gasteiger partial charge in [-0.2, -0.15) is 0 Å². The minimum Gasteiger partial charge on any atom is -0.340 e. The monoisotopic (exact) mass is 322 g/mol. The highest BCUT2D eigenvalue weighted by Gasteiger charge is 2.14. The van der Waals surface area contributed by atoms with Crippen LogP contribution in [0.2, 0.25) is 20.2 Å². The molecule has 1 heterocycles. The van der Waals surface area contributed by atoms with Gasteiger partial charge >= 0.3 is 0 Å². The molecule has 18 heavy (non-hydrogen) atoms. The third kappa shape index (κ3) is 2.75. The number of amides is 1. The predicted octanol–water partition coefficient (Wildman–Crippen LogP) is 4.88. The molecule has 0 fully saturated rings. The number of rotatable bonds is 2. The Balaban J connectivity index is 2.27. The molecule has 0 aliphatic heterocycles. The van der Waals surface area contributed by atoms with Crippen LogP contribution in [-0.2, 0) is 0 Å². The zero-order chi connectivity index (χ0) is 13.3. The maximum atomic E-state index is 11.9. The lowest BCUT2D eigenvalue weighted by Gasteiger charge is -2.07. The largest absolute Gasteiger partial charge is 0.340 e. The molecule has 2 aromatic rings. The third-order valence-electron chi connectivity index (χ3n) is 2.17. The van der Waals surface area contributed by atoms with Crippen LogP contribution in [0, 0.1) is 0 Å². The first kappa shape index (κ1) is 13.6. The SMILES string of the molecule is O=C(Nc1c(Cl)cccc1Cl)c1cc(Cl)c(Cl)[nH]1. The van der Waals surface area contributed by atoms with Crippen LogP contribution in [0.25, 0.3) is 0 Å². The van der Waals surface area contributed by atoms with E-state index in [1.165, 1.54) is 6.07 Å². The Bertz CT molecular complexity index is 569. The molecule has 3 nitrogen and oxygen atoms in total. The second kappa shape index (κ2) is 5.41.